The van der Waals surface area contributed by atoms with Crippen molar-refractivity contribution in [3.63, 3.8) is 0 Å². The number of benzene rings is 3. The van der Waals surface area contributed by atoms with Crippen molar-refractivity contribution >= 4 is 17.5 Å². The first kappa shape index (κ1) is 29.2. The number of nitrogens with zero attached hydrogens (tertiary/aromatic N) is 3. The van der Waals surface area contributed by atoms with E-state index in [0.29, 0.717) is 38.3 Å². The lowest BCUT2D eigenvalue weighted by Gasteiger charge is -2.36. The largest absolute Gasteiger partial charge is 0.494 e. The predicted octanol–water partition coefficient (Wildman–Crippen LogP) is 6.49. The second-order valence-electron chi connectivity index (χ2n) is 11.3. The first-order valence-electron chi connectivity index (χ1n) is 14.5. The molecular weight excluding hydrogens is 498 g/mol. The molecule has 1 aliphatic heterocycles. The number of hydrogen-bond donors (Lipinski definition) is 0. The minimum absolute atomic E-state index is 0.0631. The number of hydrogen-bond acceptors (Lipinski definition) is 4. The fraction of sp³-hybridized carbons (Fsp3) is 0.412. The van der Waals surface area contributed by atoms with Crippen LogP contribution in [0.25, 0.3) is 11.1 Å². The molecule has 3 aromatic rings. The second-order valence-corrected chi connectivity index (χ2v) is 11.3. The van der Waals surface area contributed by atoms with E-state index < -0.39 is 0 Å². The zero-order valence-corrected chi connectivity index (χ0v) is 24.9. The van der Waals surface area contributed by atoms with Crippen molar-refractivity contribution in [2.75, 3.05) is 50.8 Å². The molecule has 1 saturated heterocycles. The van der Waals surface area contributed by atoms with Gasteiger partial charge in [0.1, 0.15) is 5.75 Å². The molecule has 0 aromatic heterocycles. The van der Waals surface area contributed by atoms with Gasteiger partial charge in [-0.3, -0.25) is 9.59 Å². The Hall–Kier alpha value is -3.80. The number of carbonyl (C=O) groups excluding carboxylic acids is 2. The first-order chi connectivity index (χ1) is 19.1. The molecule has 0 unspecified atom stereocenters. The Bertz CT molecular complexity index is 1320. The number of rotatable bonds is 8. The lowest BCUT2D eigenvalue weighted by Crippen LogP contribution is -2.48. The summed E-state index contributed by atoms with van der Waals surface area (Å²) in [6, 6.07) is 22.2. The van der Waals surface area contributed by atoms with Gasteiger partial charge in [0, 0.05) is 56.1 Å². The Morgan fingerprint density at radius 2 is 1.48 bits per heavy atom. The van der Waals surface area contributed by atoms with Crippen molar-refractivity contribution in [3.8, 4) is 16.9 Å². The van der Waals surface area contributed by atoms with Gasteiger partial charge in [-0.05, 0) is 91.4 Å². The molecule has 0 atom stereocenters. The van der Waals surface area contributed by atoms with Crippen molar-refractivity contribution in [2.24, 2.45) is 0 Å². The summed E-state index contributed by atoms with van der Waals surface area (Å²) in [6.07, 6.45) is 0. The zero-order valence-electron chi connectivity index (χ0n) is 24.9. The van der Waals surface area contributed by atoms with Crippen LogP contribution in [0, 0.1) is 0 Å². The van der Waals surface area contributed by atoms with Crippen LogP contribution >= 0.6 is 0 Å². The SMILES string of the molecule is CCOc1cccc(-c2cc(C(=O)N3CCN(c4ccc(C(=O)N(CC)CC)cc4)CC3)cc(C(C)(C)C)c2)c1. The molecule has 6 nitrogen and oxygen atoms in total. The fourth-order valence-electron chi connectivity index (χ4n) is 5.14. The van der Waals surface area contributed by atoms with E-state index >= 15 is 0 Å². The molecule has 40 heavy (non-hydrogen) atoms. The van der Waals surface area contributed by atoms with Gasteiger partial charge in [-0.25, -0.2) is 0 Å². The van der Waals surface area contributed by atoms with Crippen LogP contribution in [0.4, 0.5) is 5.69 Å². The van der Waals surface area contributed by atoms with Crippen molar-refractivity contribution in [1.29, 1.82) is 0 Å². The van der Waals surface area contributed by atoms with Crippen LogP contribution in [-0.4, -0.2) is 67.5 Å². The van der Waals surface area contributed by atoms with Crippen LogP contribution in [-0.2, 0) is 5.41 Å². The molecule has 1 aliphatic rings. The maximum atomic E-state index is 13.8. The molecule has 1 fully saturated rings. The van der Waals surface area contributed by atoms with Gasteiger partial charge in [0.2, 0.25) is 0 Å². The molecule has 0 aliphatic carbocycles. The molecule has 0 spiro atoms. The predicted molar refractivity (Wildman–Crippen MR) is 164 cm³/mol. The number of anilines is 1. The summed E-state index contributed by atoms with van der Waals surface area (Å²) in [4.78, 5) is 32.5. The third kappa shape index (κ3) is 6.67. The average molecular weight is 542 g/mol. The quantitative estimate of drug-likeness (QED) is 0.327. The molecule has 4 rings (SSSR count). The fourth-order valence-corrected chi connectivity index (χ4v) is 5.14. The lowest BCUT2D eigenvalue weighted by molar-refractivity contribution is 0.0744. The summed E-state index contributed by atoms with van der Waals surface area (Å²) >= 11 is 0. The van der Waals surface area contributed by atoms with Crippen LogP contribution in [0.2, 0.25) is 0 Å². The minimum Gasteiger partial charge on any atom is -0.494 e. The van der Waals surface area contributed by atoms with Gasteiger partial charge >= 0.3 is 0 Å². The average Bonchev–Trinajstić information content (AvgIpc) is 2.97. The molecule has 0 saturated carbocycles. The molecule has 0 N–H and O–H groups in total. The summed E-state index contributed by atoms with van der Waals surface area (Å²) in [5.41, 5.74) is 5.61. The summed E-state index contributed by atoms with van der Waals surface area (Å²) < 4.78 is 5.73. The van der Waals surface area contributed by atoms with Crippen LogP contribution in [0.15, 0.2) is 66.7 Å². The summed E-state index contributed by atoms with van der Waals surface area (Å²) in [5, 5.41) is 0. The summed E-state index contributed by atoms with van der Waals surface area (Å²) in [7, 11) is 0. The molecular formula is C34H43N3O3. The smallest absolute Gasteiger partial charge is 0.254 e. The third-order valence-corrected chi connectivity index (χ3v) is 7.62. The van der Waals surface area contributed by atoms with Gasteiger partial charge < -0.3 is 19.4 Å². The Morgan fingerprint density at radius 1 is 0.800 bits per heavy atom. The van der Waals surface area contributed by atoms with E-state index in [1.165, 1.54) is 0 Å². The normalized spacial score (nSPS) is 13.8. The van der Waals surface area contributed by atoms with Crippen molar-refractivity contribution in [3.05, 3.63) is 83.4 Å². The highest BCUT2D eigenvalue weighted by Crippen LogP contribution is 2.32. The second kappa shape index (κ2) is 12.6. The highest BCUT2D eigenvalue weighted by molar-refractivity contribution is 5.96. The van der Waals surface area contributed by atoms with Crippen LogP contribution < -0.4 is 9.64 Å². The Kier molecular flexibility index (Phi) is 9.18. The van der Waals surface area contributed by atoms with Crippen molar-refractivity contribution in [2.45, 2.75) is 47.0 Å². The van der Waals surface area contributed by atoms with Gasteiger partial charge in [-0.15, -0.1) is 0 Å². The monoisotopic (exact) mass is 541 g/mol. The first-order valence-corrected chi connectivity index (χ1v) is 14.5. The molecule has 0 radical (unpaired) electrons. The molecule has 212 valence electrons. The van der Waals surface area contributed by atoms with E-state index in [1.807, 2.05) is 79.1 Å². The maximum absolute atomic E-state index is 13.8. The summed E-state index contributed by atoms with van der Waals surface area (Å²) in [6.45, 7) is 17.3. The highest BCUT2D eigenvalue weighted by atomic mass is 16.5. The topological polar surface area (TPSA) is 53.1 Å². The van der Waals surface area contributed by atoms with Crippen molar-refractivity contribution in [1.82, 2.24) is 9.80 Å². The van der Waals surface area contributed by atoms with Crippen LogP contribution in [0.1, 0.15) is 67.8 Å². The maximum Gasteiger partial charge on any atom is 0.254 e. The van der Waals surface area contributed by atoms with Gasteiger partial charge in [0.05, 0.1) is 6.61 Å². The molecule has 6 heteroatoms. The number of carbonyl (C=O) groups is 2. The standard InChI is InChI=1S/C34H43N3O3/c1-7-35(8-2)32(38)25-13-15-30(16-14-25)36-17-19-37(20-18-36)33(39)28-21-27(22-29(23-28)34(4,5)6)26-11-10-12-31(24-26)40-9-3/h10-16,21-24H,7-9,17-20H2,1-6H3. The molecule has 2 amide bonds. The highest BCUT2D eigenvalue weighted by Gasteiger charge is 2.25. The van der Waals surface area contributed by atoms with E-state index in [4.69, 9.17) is 4.74 Å². The van der Waals surface area contributed by atoms with E-state index in [2.05, 4.69) is 43.9 Å². The van der Waals surface area contributed by atoms with Gasteiger partial charge in [0.15, 0.2) is 0 Å². The Labute approximate surface area is 239 Å². The number of piperazine rings is 1. The Balaban J connectivity index is 1.49. The third-order valence-electron chi connectivity index (χ3n) is 7.62. The summed E-state index contributed by atoms with van der Waals surface area (Å²) in [5.74, 6) is 0.956. The molecule has 0 bridgehead atoms. The van der Waals surface area contributed by atoms with E-state index in [-0.39, 0.29) is 17.2 Å². The van der Waals surface area contributed by atoms with E-state index in [0.717, 1.165) is 46.8 Å². The Morgan fingerprint density at radius 3 is 2.08 bits per heavy atom. The van der Waals surface area contributed by atoms with Gasteiger partial charge in [-0.2, -0.15) is 0 Å². The van der Waals surface area contributed by atoms with E-state index in [1.54, 1.807) is 0 Å². The van der Waals surface area contributed by atoms with Gasteiger partial charge in [0.25, 0.3) is 11.8 Å². The molecule has 1 heterocycles. The minimum atomic E-state index is -0.0971. The van der Waals surface area contributed by atoms with E-state index in [9.17, 15) is 9.59 Å². The van der Waals surface area contributed by atoms with Crippen LogP contribution in [0.3, 0.4) is 0 Å². The molecule has 3 aromatic carbocycles. The lowest BCUT2D eigenvalue weighted by atomic mass is 9.84. The number of ether oxygens (including phenoxy) is 1. The van der Waals surface area contributed by atoms with Gasteiger partial charge in [-0.1, -0.05) is 39.0 Å². The van der Waals surface area contributed by atoms with Crippen molar-refractivity contribution < 1.29 is 14.3 Å². The zero-order chi connectivity index (χ0) is 28.9. The van der Waals surface area contributed by atoms with Crippen LogP contribution in [0.5, 0.6) is 5.75 Å². The number of amides is 2.